The Morgan fingerprint density at radius 2 is 1.04 bits per heavy atom. The number of rotatable bonds is 3. The number of benzene rings is 3. The van der Waals surface area contributed by atoms with Crippen molar-refractivity contribution in [2.45, 2.75) is 26.2 Å². The monoisotopic (exact) mass is 364 g/mol. The van der Waals surface area contributed by atoms with Crippen LogP contribution >= 0.6 is 0 Å². The molecule has 0 amide bonds. The Kier molecular flexibility index (Phi) is 4.79. The minimum Gasteiger partial charge on any atom is -0.228 e. The molecule has 0 spiro atoms. The van der Waals surface area contributed by atoms with Gasteiger partial charge in [-0.15, -0.1) is 0 Å². The van der Waals surface area contributed by atoms with E-state index in [1.807, 2.05) is 36.4 Å². The molecule has 1 aromatic heterocycles. The van der Waals surface area contributed by atoms with Gasteiger partial charge in [-0.2, -0.15) is 0 Å². The highest BCUT2D eigenvalue weighted by atomic mass is 14.9. The van der Waals surface area contributed by atoms with Crippen molar-refractivity contribution in [2.24, 2.45) is 0 Å². The Hall–Kier alpha value is -3.26. The second-order valence-corrected chi connectivity index (χ2v) is 8.02. The molecular formula is C26H24N2. The summed E-state index contributed by atoms with van der Waals surface area (Å²) in [6.45, 7) is 6.67. The quantitative estimate of drug-likeness (QED) is 0.400. The van der Waals surface area contributed by atoms with Crippen molar-refractivity contribution in [3.05, 3.63) is 96.6 Å². The van der Waals surface area contributed by atoms with Gasteiger partial charge in [-0.3, -0.25) is 0 Å². The normalized spacial score (nSPS) is 11.4. The summed E-state index contributed by atoms with van der Waals surface area (Å²) in [6, 6.07) is 31.2. The minimum atomic E-state index is 0.0787. The van der Waals surface area contributed by atoms with Crippen LogP contribution in [0.5, 0.6) is 0 Å². The van der Waals surface area contributed by atoms with Gasteiger partial charge in [0, 0.05) is 16.7 Å². The van der Waals surface area contributed by atoms with E-state index < -0.39 is 0 Å². The van der Waals surface area contributed by atoms with Crippen LogP contribution in [0.15, 0.2) is 91.0 Å². The third kappa shape index (κ3) is 3.86. The number of hydrogen-bond acceptors (Lipinski definition) is 2. The van der Waals surface area contributed by atoms with Crippen molar-refractivity contribution < 1.29 is 0 Å². The van der Waals surface area contributed by atoms with E-state index in [2.05, 4.69) is 75.4 Å². The molecule has 0 aliphatic rings. The van der Waals surface area contributed by atoms with Crippen molar-refractivity contribution in [1.82, 2.24) is 9.97 Å². The van der Waals surface area contributed by atoms with E-state index in [9.17, 15) is 0 Å². The topological polar surface area (TPSA) is 25.8 Å². The molecule has 28 heavy (non-hydrogen) atoms. The van der Waals surface area contributed by atoms with E-state index in [-0.39, 0.29) is 5.41 Å². The first-order valence-corrected chi connectivity index (χ1v) is 9.61. The van der Waals surface area contributed by atoms with Crippen LogP contribution in [0.1, 0.15) is 26.3 Å². The Bertz CT molecular complexity index is 1020. The standard InChI is InChI=1S/C26H24N2/c1-26(2,3)22-16-10-15-21(17-22)25-27-23(19-11-6-4-7-12-19)18-24(28-25)20-13-8-5-9-14-20/h4-18H,1-3H3. The molecule has 138 valence electrons. The van der Waals surface area contributed by atoms with Gasteiger partial charge in [-0.1, -0.05) is 99.6 Å². The molecule has 0 saturated carbocycles. The predicted octanol–water partition coefficient (Wildman–Crippen LogP) is 6.78. The van der Waals surface area contributed by atoms with Gasteiger partial charge in [0.15, 0.2) is 5.82 Å². The van der Waals surface area contributed by atoms with E-state index in [4.69, 9.17) is 9.97 Å². The van der Waals surface area contributed by atoms with Crippen LogP contribution in [0, 0.1) is 0 Å². The molecule has 2 nitrogen and oxygen atoms in total. The van der Waals surface area contributed by atoms with Gasteiger partial charge in [-0.05, 0) is 23.1 Å². The first kappa shape index (κ1) is 18.1. The lowest BCUT2D eigenvalue weighted by Crippen LogP contribution is -2.11. The Morgan fingerprint density at radius 3 is 1.54 bits per heavy atom. The van der Waals surface area contributed by atoms with Crippen molar-refractivity contribution in [2.75, 3.05) is 0 Å². The Labute approximate surface area is 167 Å². The second-order valence-electron chi connectivity index (χ2n) is 8.02. The fourth-order valence-corrected chi connectivity index (χ4v) is 3.21. The maximum Gasteiger partial charge on any atom is 0.160 e. The molecule has 0 atom stereocenters. The van der Waals surface area contributed by atoms with Gasteiger partial charge in [0.2, 0.25) is 0 Å². The van der Waals surface area contributed by atoms with Crippen molar-refractivity contribution in [1.29, 1.82) is 0 Å². The number of hydrogen-bond donors (Lipinski definition) is 0. The lowest BCUT2D eigenvalue weighted by Gasteiger charge is -2.19. The van der Waals surface area contributed by atoms with Crippen LogP contribution in [-0.4, -0.2) is 9.97 Å². The molecule has 0 aliphatic carbocycles. The first-order chi connectivity index (χ1) is 13.5. The zero-order valence-corrected chi connectivity index (χ0v) is 16.6. The summed E-state index contributed by atoms with van der Waals surface area (Å²) in [6.07, 6.45) is 0. The van der Waals surface area contributed by atoms with Crippen LogP contribution in [0.25, 0.3) is 33.9 Å². The van der Waals surface area contributed by atoms with E-state index in [1.54, 1.807) is 0 Å². The smallest absolute Gasteiger partial charge is 0.160 e. The molecule has 1 heterocycles. The maximum atomic E-state index is 4.91. The highest BCUT2D eigenvalue weighted by Crippen LogP contribution is 2.30. The summed E-state index contributed by atoms with van der Waals surface area (Å²) >= 11 is 0. The van der Waals surface area contributed by atoms with Gasteiger partial charge in [0.25, 0.3) is 0 Å². The van der Waals surface area contributed by atoms with E-state index in [0.717, 1.165) is 33.9 Å². The molecule has 0 unspecified atom stereocenters. The summed E-state index contributed by atoms with van der Waals surface area (Å²) in [7, 11) is 0. The molecule has 2 heteroatoms. The summed E-state index contributed by atoms with van der Waals surface area (Å²) in [4.78, 5) is 9.82. The lowest BCUT2D eigenvalue weighted by atomic mass is 9.86. The summed E-state index contributed by atoms with van der Waals surface area (Å²) in [5, 5.41) is 0. The third-order valence-electron chi connectivity index (χ3n) is 4.85. The van der Waals surface area contributed by atoms with Crippen LogP contribution in [0.3, 0.4) is 0 Å². The van der Waals surface area contributed by atoms with Gasteiger partial charge in [0.1, 0.15) is 0 Å². The largest absolute Gasteiger partial charge is 0.228 e. The Morgan fingerprint density at radius 1 is 0.536 bits per heavy atom. The lowest BCUT2D eigenvalue weighted by molar-refractivity contribution is 0.590. The van der Waals surface area contributed by atoms with Gasteiger partial charge >= 0.3 is 0 Å². The minimum absolute atomic E-state index is 0.0787. The van der Waals surface area contributed by atoms with Crippen LogP contribution < -0.4 is 0 Å². The maximum absolute atomic E-state index is 4.91. The molecular weight excluding hydrogens is 340 g/mol. The highest BCUT2D eigenvalue weighted by molar-refractivity contribution is 5.71. The predicted molar refractivity (Wildman–Crippen MR) is 117 cm³/mol. The van der Waals surface area contributed by atoms with E-state index in [0.29, 0.717) is 0 Å². The second kappa shape index (κ2) is 7.40. The van der Waals surface area contributed by atoms with Gasteiger partial charge < -0.3 is 0 Å². The molecule has 0 bridgehead atoms. The molecule has 4 aromatic rings. The average Bonchev–Trinajstić information content (AvgIpc) is 2.74. The molecule has 4 rings (SSSR count). The number of nitrogens with zero attached hydrogens (tertiary/aromatic N) is 2. The summed E-state index contributed by atoms with van der Waals surface area (Å²) in [5.41, 5.74) is 6.46. The molecule has 0 aliphatic heterocycles. The van der Waals surface area contributed by atoms with E-state index >= 15 is 0 Å². The zero-order chi connectivity index (χ0) is 19.6. The zero-order valence-electron chi connectivity index (χ0n) is 16.6. The molecule has 0 fully saturated rings. The Balaban J connectivity index is 1.90. The molecule has 3 aromatic carbocycles. The molecule has 0 saturated heterocycles. The highest BCUT2D eigenvalue weighted by Gasteiger charge is 2.16. The average molecular weight is 364 g/mol. The van der Waals surface area contributed by atoms with Crippen molar-refractivity contribution in [3.63, 3.8) is 0 Å². The van der Waals surface area contributed by atoms with Crippen molar-refractivity contribution >= 4 is 0 Å². The third-order valence-corrected chi connectivity index (χ3v) is 4.85. The molecule has 0 radical (unpaired) electrons. The summed E-state index contributed by atoms with van der Waals surface area (Å²) in [5.74, 6) is 0.756. The SMILES string of the molecule is CC(C)(C)c1cccc(-c2nc(-c3ccccc3)cc(-c3ccccc3)n2)c1. The van der Waals surface area contributed by atoms with Gasteiger partial charge in [-0.25, -0.2) is 9.97 Å². The fourth-order valence-electron chi connectivity index (χ4n) is 3.21. The van der Waals surface area contributed by atoms with Crippen LogP contribution in [0.4, 0.5) is 0 Å². The molecule has 0 N–H and O–H groups in total. The van der Waals surface area contributed by atoms with Crippen LogP contribution in [-0.2, 0) is 5.41 Å². The van der Waals surface area contributed by atoms with Crippen molar-refractivity contribution in [3.8, 4) is 33.9 Å². The fraction of sp³-hybridized carbons (Fsp3) is 0.154. The van der Waals surface area contributed by atoms with Crippen LogP contribution in [0.2, 0.25) is 0 Å². The van der Waals surface area contributed by atoms with E-state index in [1.165, 1.54) is 5.56 Å². The van der Waals surface area contributed by atoms with Gasteiger partial charge in [0.05, 0.1) is 11.4 Å². The number of aromatic nitrogens is 2. The first-order valence-electron chi connectivity index (χ1n) is 9.61. The summed E-state index contributed by atoms with van der Waals surface area (Å²) < 4.78 is 0.